The molecule has 0 unspecified atom stereocenters. The first-order chi connectivity index (χ1) is 9.17. The van der Waals surface area contributed by atoms with Gasteiger partial charge in [-0.15, -0.1) is 0 Å². The van der Waals surface area contributed by atoms with Gasteiger partial charge in [-0.1, -0.05) is 18.3 Å². The largest absolute Gasteiger partial charge is 0.481 e. The van der Waals surface area contributed by atoms with Gasteiger partial charge in [0.2, 0.25) is 5.88 Å². The molecule has 0 amide bonds. The molecular formula is C13H21N3O2S. The SMILES string of the molecule is COCCN(CCC(N)=S)Cc1cccnc1OC. The molecule has 0 atom stereocenters. The van der Waals surface area contributed by atoms with Gasteiger partial charge in [0.05, 0.1) is 18.7 Å². The minimum Gasteiger partial charge on any atom is -0.481 e. The first kappa shape index (κ1) is 15.8. The molecule has 0 aromatic carbocycles. The van der Waals surface area contributed by atoms with Gasteiger partial charge in [-0.2, -0.15) is 0 Å². The fourth-order valence-electron chi connectivity index (χ4n) is 1.73. The van der Waals surface area contributed by atoms with Crippen LogP contribution in [0.4, 0.5) is 0 Å². The first-order valence-corrected chi connectivity index (χ1v) is 6.55. The molecule has 0 saturated heterocycles. The van der Waals surface area contributed by atoms with Crippen molar-refractivity contribution in [2.24, 2.45) is 5.73 Å². The Morgan fingerprint density at radius 1 is 1.42 bits per heavy atom. The molecule has 0 spiro atoms. The maximum absolute atomic E-state index is 5.56. The van der Waals surface area contributed by atoms with Crippen LogP contribution in [0.1, 0.15) is 12.0 Å². The van der Waals surface area contributed by atoms with Gasteiger partial charge in [0.1, 0.15) is 0 Å². The molecule has 2 N–H and O–H groups in total. The van der Waals surface area contributed by atoms with E-state index in [9.17, 15) is 0 Å². The molecule has 19 heavy (non-hydrogen) atoms. The zero-order valence-electron chi connectivity index (χ0n) is 11.5. The highest BCUT2D eigenvalue weighted by Gasteiger charge is 2.10. The molecule has 1 heterocycles. The van der Waals surface area contributed by atoms with Crippen LogP contribution in [0.15, 0.2) is 18.3 Å². The molecule has 6 heteroatoms. The molecule has 0 bridgehead atoms. The first-order valence-electron chi connectivity index (χ1n) is 6.15. The van der Waals surface area contributed by atoms with Gasteiger partial charge in [0, 0.05) is 44.9 Å². The fourth-order valence-corrected chi connectivity index (χ4v) is 1.82. The maximum atomic E-state index is 5.56. The zero-order chi connectivity index (χ0) is 14.1. The van der Waals surface area contributed by atoms with Crippen LogP contribution in [0.5, 0.6) is 5.88 Å². The van der Waals surface area contributed by atoms with Gasteiger partial charge in [-0.05, 0) is 6.07 Å². The van der Waals surface area contributed by atoms with Crippen molar-refractivity contribution < 1.29 is 9.47 Å². The van der Waals surface area contributed by atoms with Crippen molar-refractivity contribution in [1.29, 1.82) is 0 Å². The molecule has 0 fully saturated rings. The third-order valence-electron chi connectivity index (χ3n) is 2.72. The highest BCUT2D eigenvalue weighted by molar-refractivity contribution is 7.80. The van der Waals surface area contributed by atoms with Crippen LogP contribution in [0.2, 0.25) is 0 Å². The van der Waals surface area contributed by atoms with Crippen molar-refractivity contribution in [3.8, 4) is 5.88 Å². The van der Waals surface area contributed by atoms with Crippen LogP contribution in [0, 0.1) is 0 Å². The summed E-state index contributed by atoms with van der Waals surface area (Å²) in [6, 6.07) is 3.91. The molecule has 0 aliphatic carbocycles. The Balaban J connectivity index is 2.66. The summed E-state index contributed by atoms with van der Waals surface area (Å²) in [4.78, 5) is 6.95. The zero-order valence-corrected chi connectivity index (χ0v) is 12.3. The van der Waals surface area contributed by atoms with Gasteiger partial charge >= 0.3 is 0 Å². The van der Waals surface area contributed by atoms with Crippen LogP contribution in [-0.4, -0.2) is 48.8 Å². The van der Waals surface area contributed by atoms with E-state index in [1.54, 1.807) is 20.4 Å². The number of hydrogen-bond donors (Lipinski definition) is 1. The Kier molecular flexibility index (Phi) is 7.32. The highest BCUT2D eigenvalue weighted by atomic mass is 32.1. The van der Waals surface area contributed by atoms with E-state index in [0.717, 1.165) is 25.2 Å². The van der Waals surface area contributed by atoms with Gasteiger partial charge in [-0.25, -0.2) is 4.98 Å². The number of aromatic nitrogens is 1. The van der Waals surface area contributed by atoms with E-state index >= 15 is 0 Å². The van der Waals surface area contributed by atoms with Crippen molar-refractivity contribution in [1.82, 2.24) is 9.88 Å². The van der Waals surface area contributed by atoms with Gasteiger partial charge in [0.25, 0.3) is 0 Å². The lowest BCUT2D eigenvalue weighted by molar-refractivity contribution is 0.145. The average molecular weight is 283 g/mol. The number of methoxy groups -OCH3 is 2. The van der Waals surface area contributed by atoms with E-state index in [-0.39, 0.29) is 0 Å². The minimum atomic E-state index is 0.528. The number of rotatable bonds is 9. The van der Waals surface area contributed by atoms with Crippen molar-refractivity contribution in [3.05, 3.63) is 23.9 Å². The van der Waals surface area contributed by atoms with Crippen LogP contribution >= 0.6 is 12.2 Å². The molecule has 0 saturated carbocycles. The number of hydrogen-bond acceptors (Lipinski definition) is 5. The van der Waals surface area contributed by atoms with Crippen molar-refractivity contribution in [2.45, 2.75) is 13.0 Å². The number of nitrogens with two attached hydrogens (primary N) is 1. The standard InChI is InChI=1S/C13H21N3O2S/c1-17-9-8-16(7-5-12(14)19)10-11-4-3-6-15-13(11)18-2/h3-4,6H,5,7-10H2,1-2H3,(H2,14,19). The van der Waals surface area contributed by atoms with Gasteiger partial charge in [0.15, 0.2) is 0 Å². The third kappa shape index (κ3) is 5.96. The summed E-state index contributed by atoms with van der Waals surface area (Å²) < 4.78 is 10.4. The van der Waals surface area contributed by atoms with Crippen molar-refractivity contribution >= 4 is 17.2 Å². The Labute approximate surface area is 119 Å². The number of pyridine rings is 1. The lowest BCUT2D eigenvalue weighted by Crippen LogP contribution is -2.30. The molecule has 5 nitrogen and oxygen atoms in total. The Morgan fingerprint density at radius 2 is 2.21 bits per heavy atom. The van der Waals surface area contributed by atoms with E-state index < -0.39 is 0 Å². The second-order valence-corrected chi connectivity index (χ2v) is 4.68. The summed E-state index contributed by atoms with van der Waals surface area (Å²) >= 11 is 4.92. The monoisotopic (exact) mass is 283 g/mol. The Hall–Kier alpha value is -1.24. The van der Waals surface area contributed by atoms with Crippen LogP contribution in [0.25, 0.3) is 0 Å². The average Bonchev–Trinajstić information content (AvgIpc) is 2.42. The van der Waals surface area contributed by atoms with E-state index in [2.05, 4.69) is 9.88 Å². The van der Waals surface area contributed by atoms with E-state index in [1.165, 1.54) is 0 Å². The van der Waals surface area contributed by atoms with Crippen molar-refractivity contribution in [2.75, 3.05) is 33.9 Å². The summed E-state index contributed by atoms with van der Waals surface area (Å²) in [5.74, 6) is 0.653. The molecule has 106 valence electrons. The predicted molar refractivity (Wildman–Crippen MR) is 79.3 cm³/mol. The topological polar surface area (TPSA) is 60.6 Å². The molecule has 1 rings (SSSR count). The summed E-state index contributed by atoms with van der Waals surface area (Å²) in [6.45, 7) is 3.02. The Bertz CT molecular complexity index is 401. The number of ether oxygens (including phenoxy) is 2. The normalized spacial score (nSPS) is 10.7. The van der Waals surface area contributed by atoms with Gasteiger partial charge < -0.3 is 15.2 Å². The van der Waals surface area contributed by atoms with E-state index in [0.29, 0.717) is 23.9 Å². The summed E-state index contributed by atoms with van der Waals surface area (Å²) in [6.07, 6.45) is 2.42. The minimum absolute atomic E-state index is 0.528. The third-order valence-corrected chi connectivity index (χ3v) is 2.93. The Morgan fingerprint density at radius 3 is 2.84 bits per heavy atom. The quantitative estimate of drug-likeness (QED) is 0.688. The predicted octanol–water partition coefficient (Wildman–Crippen LogP) is 1.21. The molecule has 0 aliphatic rings. The van der Waals surface area contributed by atoms with E-state index in [1.807, 2.05) is 12.1 Å². The lowest BCUT2D eigenvalue weighted by atomic mass is 10.2. The lowest BCUT2D eigenvalue weighted by Gasteiger charge is -2.22. The molecule has 1 aromatic rings. The summed E-state index contributed by atoms with van der Waals surface area (Å²) in [5, 5.41) is 0. The summed E-state index contributed by atoms with van der Waals surface area (Å²) in [5.41, 5.74) is 6.60. The molecule has 0 radical (unpaired) electrons. The molecule has 0 aliphatic heterocycles. The summed E-state index contributed by atoms with van der Waals surface area (Å²) in [7, 11) is 3.32. The maximum Gasteiger partial charge on any atom is 0.217 e. The molecular weight excluding hydrogens is 262 g/mol. The van der Waals surface area contributed by atoms with E-state index in [4.69, 9.17) is 27.4 Å². The molecule has 1 aromatic heterocycles. The van der Waals surface area contributed by atoms with Crippen LogP contribution in [0.3, 0.4) is 0 Å². The number of thiocarbonyl (C=S) groups is 1. The van der Waals surface area contributed by atoms with Gasteiger partial charge in [-0.3, -0.25) is 4.90 Å². The second-order valence-electron chi connectivity index (χ2n) is 4.16. The fraction of sp³-hybridized carbons (Fsp3) is 0.538. The van der Waals surface area contributed by atoms with Crippen molar-refractivity contribution in [3.63, 3.8) is 0 Å². The van der Waals surface area contributed by atoms with Crippen LogP contribution in [-0.2, 0) is 11.3 Å². The highest BCUT2D eigenvalue weighted by Crippen LogP contribution is 2.16. The number of nitrogens with zero attached hydrogens (tertiary/aromatic N) is 2. The smallest absolute Gasteiger partial charge is 0.217 e. The second kappa shape index (κ2) is 8.79. The van der Waals surface area contributed by atoms with Crippen LogP contribution < -0.4 is 10.5 Å².